The van der Waals surface area contributed by atoms with E-state index >= 15 is 0 Å². The zero-order valence-corrected chi connectivity index (χ0v) is 12.8. The molecule has 108 valence electrons. The van der Waals surface area contributed by atoms with Crippen LogP contribution in [0.15, 0.2) is 29.2 Å². The number of sulfonamides is 1. The van der Waals surface area contributed by atoms with Crippen molar-refractivity contribution in [1.29, 1.82) is 0 Å². The highest BCUT2D eigenvalue weighted by Crippen LogP contribution is 2.20. The first-order valence-electron chi connectivity index (χ1n) is 6.80. The number of hydrogen-bond acceptors (Lipinski definition) is 3. The Morgan fingerprint density at radius 2 is 1.89 bits per heavy atom. The molecule has 0 amide bonds. The molecule has 0 aromatic heterocycles. The molecular formula is C14H24N2O2S. The van der Waals surface area contributed by atoms with E-state index in [2.05, 4.69) is 23.9 Å². The van der Waals surface area contributed by atoms with Crippen LogP contribution in [0.5, 0.6) is 0 Å². The van der Waals surface area contributed by atoms with Crippen molar-refractivity contribution in [3.05, 3.63) is 24.3 Å². The van der Waals surface area contributed by atoms with Crippen molar-refractivity contribution in [2.24, 2.45) is 5.92 Å². The molecule has 0 radical (unpaired) electrons. The first-order chi connectivity index (χ1) is 8.97. The van der Waals surface area contributed by atoms with E-state index in [0.717, 1.165) is 19.4 Å². The Labute approximate surface area is 116 Å². The van der Waals surface area contributed by atoms with Crippen LogP contribution in [-0.2, 0) is 10.0 Å². The van der Waals surface area contributed by atoms with E-state index in [-0.39, 0.29) is 0 Å². The number of hydrogen-bond donors (Lipinski definition) is 2. The van der Waals surface area contributed by atoms with Gasteiger partial charge in [0.15, 0.2) is 0 Å². The summed E-state index contributed by atoms with van der Waals surface area (Å²) in [6.45, 7) is 7.32. The monoisotopic (exact) mass is 284 g/mol. The number of nitrogens with one attached hydrogen (secondary N) is 2. The van der Waals surface area contributed by atoms with Crippen LogP contribution >= 0.6 is 0 Å². The van der Waals surface area contributed by atoms with Gasteiger partial charge in [0.2, 0.25) is 10.0 Å². The van der Waals surface area contributed by atoms with Crippen molar-refractivity contribution in [3.8, 4) is 0 Å². The zero-order chi connectivity index (χ0) is 14.3. The van der Waals surface area contributed by atoms with Crippen LogP contribution in [0.25, 0.3) is 0 Å². The van der Waals surface area contributed by atoms with E-state index < -0.39 is 10.0 Å². The van der Waals surface area contributed by atoms with Crippen molar-refractivity contribution < 1.29 is 8.42 Å². The molecule has 0 aliphatic carbocycles. The summed E-state index contributed by atoms with van der Waals surface area (Å²) in [5.74, 6) is 0.669. The van der Waals surface area contributed by atoms with E-state index in [0.29, 0.717) is 23.0 Å². The van der Waals surface area contributed by atoms with Crippen LogP contribution in [0.3, 0.4) is 0 Å². The summed E-state index contributed by atoms with van der Waals surface area (Å²) < 4.78 is 26.6. The summed E-state index contributed by atoms with van der Waals surface area (Å²) in [4.78, 5) is 0.321. The molecule has 0 atom stereocenters. The molecule has 0 fully saturated rings. The summed E-state index contributed by atoms with van der Waals surface area (Å²) in [5, 5.41) is 3.21. The van der Waals surface area contributed by atoms with Gasteiger partial charge >= 0.3 is 0 Å². The Hall–Kier alpha value is -1.07. The normalized spacial score (nSPS) is 11.8. The highest BCUT2D eigenvalue weighted by Gasteiger charge is 2.16. The van der Waals surface area contributed by atoms with Gasteiger partial charge in [-0.25, -0.2) is 13.1 Å². The zero-order valence-electron chi connectivity index (χ0n) is 11.9. The third kappa shape index (κ3) is 5.20. The fourth-order valence-corrected chi connectivity index (χ4v) is 3.07. The average molecular weight is 284 g/mol. The van der Waals surface area contributed by atoms with Gasteiger partial charge in [-0.2, -0.15) is 0 Å². The van der Waals surface area contributed by atoms with Crippen LogP contribution < -0.4 is 10.0 Å². The van der Waals surface area contributed by atoms with Crippen molar-refractivity contribution in [1.82, 2.24) is 4.72 Å². The first kappa shape index (κ1) is 16.0. The van der Waals surface area contributed by atoms with Gasteiger partial charge in [-0.1, -0.05) is 32.9 Å². The third-order valence-electron chi connectivity index (χ3n) is 2.78. The Morgan fingerprint density at radius 3 is 2.53 bits per heavy atom. The lowest BCUT2D eigenvalue weighted by atomic mass is 10.1. The smallest absolute Gasteiger partial charge is 0.242 e. The topological polar surface area (TPSA) is 58.2 Å². The van der Waals surface area contributed by atoms with Gasteiger partial charge in [0, 0.05) is 13.1 Å². The predicted molar refractivity (Wildman–Crippen MR) is 79.9 cm³/mol. The lowest BCUT2D eigenvalue weighted by Gasteiger charge is -2.13. The molecule has 0 unspecified atom stereocenters. The van der Waals surface area contributed by atoms with E-state index in [1.807, 2.05) is 6.07 Å². The Bertz CT molecular complexity index is 484. The van der Waals surface area contributed by atoms with E-state index in [1.54, 1.807) is 25.1 Å². The van der Waals surface area contributed by atoms with Crippen LogP contribution in [0.1, 0.15) is 33.6 Å². The molecule has 19 heavy (non-hydrogen) atoms. The first-order valence-corrected chi connectivity index (χ1v) is 8.28. The standard InChI is InChI=1S/C14H24N2O2S/c1-4-16-19(17,18)14-10-6-5-9-13(14)15-11-7-8-12(2)3/h5-6,9-10,12,15-16H,4,7-8,11H2,1-3H3. The highest BCUT2D eigenvalue weighted by atomic mass is 32.2. The highest BCUT2D eigenvalue weighted by molar-refractivity contribution is 7.89. The minimum absolute atomic E-state index is 0.321. The summed E-state index contributed by atoms with van der Waals surface area (Å²) in [6, 6.07) is 7.02. The van der Waals surface area contributed by atoms with Crippen molar-refractivity contribution in [2.45, 2.75) is 38.5 Å². The number of para-hydroxylation sites is 1. The molecule has 4 nitrogen and oxygen atoms in total. The summed E-state index contributed by atoms with van der Waals surface area (Å²) in [7, 11) is -3.41. The molecule has 0 saturated heterocycles. The van der Waals surface area contributed by atoms with E-state index in [4.69, 9.17) is 0 Å². The van der Waals surface area contributed by atoms with Gasteiger partial charge in [-0.05, 0) is 30.9 Å². The van der Waals surface area contributed by atoms with Gasteiger partial charge < -0.3 is 5.32 Å². The number of benzene rings is 1. The van der Waals surface area contributed by atoms with Crippen molar-refractivity contribution in [2.75, 3.05) is 18.4 Å². The molecule has 0 saturated carbocycles. The Balaban J connectivity index is 2.74. The lowest BCUT2D eigenvalue weighted by molar-refractivity contribution is 0.566. The van der Waals surface area contributed by atoms with Gasteiger partial charge in [-0.3, -0.25) is 0 Å². The Morgan fingerprint density at radius 1 is 1.21 bits per heavy atom. The summed E-state index contributed by atoms with van der Waals surface area (Å²) >= 11 is 0. The fraction of sp³-hybridized carbons (Fsp3) is 0.571. The molecule has 0 spiro atoms. The van der Waals surface area contributed by atoms with Crippen molar-refractivity contribution >= 4 is 15.7 Å². The Kier molecular flexibility index (Phi) is 6.31. The maximum atomic E-state index is 12.0. The van der Waals surface area contributed by atoms with Crippen LogP contribution in [0, 0.1) is 5.92 Å². The molecule has 0 bridgehead atoms. The second kappa shape index (κ2) is 7.50. The number of anilines is 1. The fourth-order valence-electron chi connectivity index (χ4n) is 1.85. The van der Waals surface area contributed by atoms with Gasteiger partial charge in [0.1, 0.15) is 4.90 Å². The van der Waals surface area contributed by atoms with Gasteiger partial charge in [-0.15, -0.1) is 0 Å². The van der Waals surface area contributed by atoms with Gasteiger partial charge in [0.25, 0.3) is 0 Å². The third-order valence-corrected chi connectivity index (χ3v) is 4.39. The second-order valence-electron chi connectivity index (χ2n) is 4.96. The van der Waals surface area contributed by atoms with Crippen LogP contribution in [-0.4, -0.2) is 21.5 Å². The lowest BCUT2D eigenvalue weighted by Crippen LogP contribution is -2.24. The summed E-state index contributed by atoms with van der Waals surface area (Å²) in [5.41, 5.74) is 0.673. The number of rotatable bonds is 8. The minimum Gasteiger partial charge on any atom is -0.384 e. The molecule has 0 aliphatic heterocycles. The molecular weight excluding hydrogens is 260 g/mol. The molecule has 0 heterocycles. The van der Waals surface area contributed by atoms with Crippen LogP contribution in [0.4, 0.5) is 5.69 Å². The molecule has 1 aromatic rings. The second-order valence-corrected chi connectivity index (χ2v) is 6.70. The molecule has 1 aromatic carbocycles. The van der Waals surface area contributed by atoms with Crippen LogP contribution in [0.2, 0.25) is 0 Å². The van der Waals surface area contributed by atoms with Gasteiger partial charge in [0.05, 0.1) is 5.69 Å². The predicted octanol–water partition coefficient (Wildman–Crippen LogP) is 2.83. The molecule has 1 rings (SSSR count). The average Bonchev–Trinajstić information content (AvgIpc) is 2.35. The largest absolute Gasteiger partial charge is 0.384 e. The molecule has 2 N–H and O–H groups in total. The maximum Gasteiger partial charge on any atom is 0.242 e. The SMILES string of the molecule is CCNS(=O)(=O)c1ccccc1NCCCC(C)C. The van der Waals surface area contributed by atoms with Crippen molar-refractivity contribution in [3.63, 3.8) is 0 Å². The molecule has 0 aliphatic rings. The minimum atomic E-state index is -3.41. The maximum absolute atomic E-state index is 12.0. The van der Waals surface area contributed by atoms with E-state index in [1.165, 1.54) is 0 Å². The molecule has 5 heteroatoms. The quantitative estimate of drug-likeness (QED) is 0.722. The van der Waals surface area contributed by atoms with E-state index in [9.17, 15) is 8.42 Å². The summed E-state index contributed by atoms with van der Waals surface area (Å²) in [6.07, 6.45) is 2.17.